The predicted molar refractivity (Wildman–Crippen MR) is 84.5 cm³/mol. The van der Waals surface area contributed by atoms with Crippen molar-refractivity contribution in [2.24, 2.45) is 0 Å². The molecule has 1 amide bonds. The van der Waals surface area contributed by atoms with Gasteiger partial charge in [0, 0.05) is 17.4 Å². The summed E-state index contributed by atoms with van der Waals surface area (Å²) < 4.78 is 0. The molecule has 0 aliphatic carbocycles. The molecular formula is C16H17N5O. The Morgan fingerprint density at radius 3 is 2.73 bits per heavy atom. The number of amides is 1. The summed E-state index contributed by atoms with van der Waals surface area (Å²) in [5.74, 6) is 0.0420. The Hall–Kier alpha value is -2.94. The Bertz CT molecular complexity index is 728. The third-order valence-electron chi connectivity index (χ3n) is 2.62. The molecule has 0 saturated heterocycles. The fourth-order valence-electron chi connectivity index (χ4n) is 1.74. The summed E-state index contributed by atoms with van der Waals surface area (Å²) in [7, 11) is 0. The topological polar surface area (TPSA) is 90.7 Å². The monoisotopic (exact) mass is 295 g/mol. The van der Waals surface area contributed by atoms with Gasteiger partial charge in [-0.05, 0) is 45.0 Å². The van der Waals surface area contributed by atoms with E-state index in [2.05, 4.69) is 20.6 Å². The molecule has 2 N–H and O–H groups in total. The van der Waals surface area contributed by atoms with Crippen LogP contribution in [0.2, 0.25) is 0 Å². The Labute approximate surface area is 129 Å². The average Bonchev–Trinajstić information content (AvgIpc) is 2.46. The van der Waals surface area contributed by atoms with Crippen LogP contribution in [-0.2, 0) is 0 Å². The highest BCUT2D eigenvalue weighted by molar-refractivity contribution is 6.03. The number of hydrogen-bond acceptors (Lipinski definition) is 5. The summed E-state index contributed by atoms with van der Waals surface area (Å²) in [6, 6.07) is 10.3. The van der Waals surface area contributed by atoms with Gasteiger partial charge in [0.15, 0.2) is 0 Å². The van der Waals surface area contributed by atoms with Gasteiger partial charge in [0.1, 0.15) is 5.69 Å². The molecule has 1 aromatic heterocycles. The number of benzene rings is 1. The van der Waals surface area contributed by atoms with Crippen molar-refractivity contribution < 1.29 is 4.79 Å². The van der Waals surface area contributed by atoms with Crippen molar-refractivity contribution in [3.63, 3.8) is 0 Å². The number of aromatic nitrogens is 2. The van der Waals surface area contributed by atoms with Gasteiger partial charge in [-0.25, -0.2) is 9.97 Å². The molecule has 0 aliphatic heterocycles. The van der Waals surface area contributed by atoms with Gasteiger partial charge in [0.05, 0.1) is 11.6 Å². The number of carbonyl (C=O) groups excluding carboxylic acids is 1. The Morgan fingerprint density at radius 2 is 2.05 bits per heavy atom. The number of carbonyl (C=O) groups is 1. The molecule has 0 atom stereocenters. The lowest BCUT2D eigenvalue weighted by atomic mass is 10.1. The van der Waals surface area contributed by atoms with Crippen LogP contribution in [0.15, 0.2) is 36.5 Å². The molecule has 1 heterocycles. The van der Waals surface area contributed by atoms with Gasteiger partial charge in [-0.1, -0.05) is 6.07 Å². The van der Waals surface area contributed by atoms with Crippen molar-refractivity contribution in [1.82, 2.24) is 9.97 Å². The fraction of sp³-hybridized carbons (Fsp3) is 0.250. The molecule has 0 spiro atoms. The van der Waals surface area contributed by atoms with Crippen LogP contribution in [-0.4, -0.2) is 21.4 Å². The van der Waals surface area contributed by atoms with Crippen molar-refractivity contribution in [3.8, 4) is 6.07 Å². The first kappa shape index (κ1) is 15.4. The van der Waals surface area contributed by atoms with Crippen molar-refractivity contribution in [1.29, 1.82) is 5.26 Å². The molecule has 0 aliphatic rings. The average molecular weight is 295 g/mol. The normalized spacial score (nSPS) is 10.6. The van der Waals surface area contributed by atoms with Crippen LogP contribution >= 0.6 is 0 Å². The van der Waals surface area contributed by atoms with E-state index in [9.17, 15) is 4.79 Å². The SMILES string of the molecule is CC(C)(C)Nc1nccc(C(=O)Nc2cccc(C#N)c2)n1. The predicted octanol–water partition coefficient (Wildman–Crippen LogP) is 2.81. The lowest BCUT2D eigenvalue weighted by Gasteiger charge is -2.20. The van der Waals surface area contributed by atoms with Crippen LogP contribution in [0, 0.1) is 11.3 Å². The molecule has 0 saturated carbocycles. The summed E-state index contributed by atoms with van der Waals surface area (Å²) in [5.41, 5.74) is 1.09. The molecule has 112 valence electrons. The first-order valence-electron chi connectivity index (χ1n) is 6.80. The molecule has 0 unspecified atom stereocenters. The Balaban J connectivity index is 2.16. The zero-order valence-electron chi connectivity index (χ0n) is 12.7. The summed E-state index contributed by atoms with van der Waals surface area (Å²) >= 11 is 0. The molecule has 2 rings (SSSR count). The van der Waals surface area contributed by atoms with Gasteiger partial charge in [-0.15, -0.1) is 0 Å². The number of nitrogens with one attached hydrogen (secondary N) is 2. The molecule has 6 heteroatoms. The summed E-state index contributed by atoms with van der Waals surface area (Å²) in [4.78, 5) is 20.5. The van der Waals surface area contributed by atoms with Gasteiger partial charge >= 0.3 is 0 Å². The number of rotatable bonds is 3. The van der Waals surface area contributed by atoms with E-state index in [0.29, 0.717) is 17.2 Å². The van der Waals surface area contributed by atoms with Crippen molar-refractivity contribution in [3.05, 3.63) is 47.8 Å². The van der Waals surface area contributed by atoms with Crippen molar-refractivity contribution in [2.45, 2.75) is 26.3 Å². The van der Waals surface area contributed by atoms with E-state index in [1.807, 2.05) is 26.8 Å². The first-order valence-corrected chi connectivity index (χ1v) is 6.80. The maximum absolute atomic E-state index is 12.2. The van der Waals surface area contributed by atoms with Crippen LogP contribution in [0.5, 0.6) is 0 Å². The van der Waals surface area contributed by atoms with E-state index in [0.717, 1.165) is 0 Å². The summed E-state index contributed by atoms with van der Waals surface area (Å²) in [5, 5.41) is 14.7. The van der Waals surface area contributed by atoms with Gasteiger partial charge in [0.25, 0.3) is 5.91 Å². The molecule has 2 aromatic rings. The molecule has 1 aromatic carbocycles. The van der Waals surface area contributed by atoms with E-state index in [4.69, 9.17) is 5.26 Å². The maximum Gasteiger partial charge on any atom is 0.274 e. The van der Waals surface area contributed by atoms with E-state index in [1.165, 1.54) is 12.3 Å². The zero-order chi connectivity index (χ0) is 16.2. The van der Waals surface area contributed by atoms with E-state index in [1.54, 1.807) is 24.3 Å². The van der Waals surface area contributed by atoms with Crippen molar-refractivity contribution in [2.75, 3.05) is 10.6 Å². The standard InChI is InChI=1S/C16H17N5O/c1-16(2,3)21-15-18-8-7-13(20-15)14(22)19-12-6-4-5-11(9-12)10-17/h4-9H,1-3H3,(H,19,22)(H,18,20,21). The van der Waals surface area contributed by atoms with Crippen LogP contribution in [0.1, 0.15) is 36.8 Å². The Kier molecular flexibility index (Phi) is 4.37. The number of anilines is 2. The molecule has 22 heavy (non-hydrogen) atoms. The second kappa shape index (κ2) is 6.22. The van der Waals surface area contributed by atoms with Gasteiger partial charge in [0.2, 0.25) is 5.95 Å². The highest BCUT2D eigenvalue weighted by atomic mass is 16.1. The lowest BCUT2D eigenvalue weighted by Crippen LogP contribution is -2.28. The quantitative estimate of drug-likeness (QED) is 0.908. The Morgan fingerprint density at radius 1 is 1.27 bits per heavy atom. The van der Waals surface area contributed by atoms with E-state index >= 15 is 0 Å². The van der Waals surface area contributed by atoms with Crippen LogP contribution in [0.25, 0.3) is 0 Å². The minimum Gasteiger partial charge on any atom is -0.350 e. The first-order chi connectivity index (χ1) is 10.4. The minimum absolute atomic E-state index is 0.198. The van der Waals surface area contributed by atoms with Crippen LogP contribution in [0.4, 0.5) is 11.6 Å². The second-order valence-electron chi connectivity index (χ2n) is 5.79. The smallest absolute Gasteiger partial charge is 0.274 e. The number of nitrogens with zero attached hydrogens (tertiary/aromatic N) is 3. The third kappa shape index (κ3) is 4.28. The minimum atomic E-state index is -0.352. The van der Waals surface area contributed by atoms with Gasteiger partial charge < -0.3 is 10.6 Å². The van der Waals surface area contributed by atoms with E-state index < -0.39 is 0 Å². The van der Waals surface area contributed by atoms with Gasteiger partial charge in [-0.2, -0.15) is 5.26 Å². The van der Waals surface area contributed by atoms with Gasteiger partial charge in [-0.3, -0.25) is 4.79 Å². The highest BCUT2D eigenvalue weighted by Gasteiger charge is 2.14. The largest absolute Gasteiger partial charge is 0.350 e. The molecule has 0 bridgehead atoms. The lowest BCUT2D eigenvalue weighted by molar-refractivity contribution is 0.102. The van der Waals surface area contributed by atoms with Crippen LogP contribution < -0.4 is 10.6 Å². The molecule has 6 nitrogen and oxygen atoms in total. The number of nitriles is 1. The zero-order valence-corrected chi connectivity index (χ0v) is 12.7. The second-order valence-corrected chi connectivity index (χ2v) is 5.79. The maximum atomic E-state index is 12.2. The number of hydrogen-bond donors (Lipinski definition) is 2. The third-order valence-corrected chi connectivity index (χ3v) is 2.62. The van der Waals surface area contributed by atoms with Crippen LogP contribution in [0.3, 0.4) is 0 Å². The molecular weight excluding hydrogens is 278 g/mol. The van der Waals surface area contributed by atoms with E-state index in [-0.39, 0.29) is 17.1 Å². The summed E-state index contributed by atoms with van der Waals surface area (Å²) in [6.45, 7) is 5.95. The molecule has 0 fully saturated rings. The van der Waals surface area contributed by atoms with Crippen molar-refractivity contribution >= 4 is 17.5 Å². The fourth-order valence-corrected chi connectivity index (χ4v) is 1.74. The highest BCUT2D eigenvalue weighted by Crippen LogP contribution is 2.13. The molecule has 0 radical (unpaired) electrons. The summed E-state index contributed by atoms with van der Waals surface area (Å²) in [6.07, 6.45) is 1.53.